The lowest BCUT2D eigenvalue weighted by molar-refractivity contribution is -0.140. The summed E-state index contributed by atoms with van der Waals surface area (Å²) in [6.45, 7) is 0. The predicted octanol–water partition coefficient (Wildman–Crippen LogP) is 2.68. The SMILES string of the molecule is NC(c1cnccn1)c1cccc(C(F)(F)F)c1F. The lowest BCUT2D eigenvalue weighted by Gasteiger charge is -2.15. The van der Waals surface area contributed by atoms with Gasteiger partial charge in [-0.05, 0) is 6.07 Å². The van der Waals surface area contributed by atoms with Crippen molar-refractivity contribution in [2.75, 3.05) is 0 Å². The van der Waals surface area contributed by atoms with E-state index >= 15 is 0 Å². The van der Waals surface area contributed by atoms with E-state index in [1.807, 2.05) is 0 Å². The molecule has 0 spiro atoms. The summed E-state index contributed by atoms with van der Waals surface area (Å²) < 4.78 is 51.6. The number of rotatable bonds is 2. The van der Waals surface area contributed by atoms with Crippen LogP contribution in [-0.2, 0) is 6.18 Å². The van der Waals surface area contributed by atoms with Gasteiger partial charge in [-0.25, -0.2) is 4.39 Å². The number of benzene rings is 1. The third-order valence-electron chi connectivity index (χ3n) is 2.57. The van der Waals surface area contributed by atoms with E-state index in [0.29, 0.717) is 6.07 Å². The fourth-order valence-corrected chi connectivity index (χ4v) is 1.64. The molecule has 2 N–H and O–H groups in total. The minimum absolute atomic E-state index is 0.195. The van der Waals surface area contributed by atoms with Crippen LogP contribution in [0.4, 0.5) is 17.6 Å². The maximum absolute atomic E-state index is 13.9. The fourth-order valence-electron chi connectivity index (χ4n) is 1.64. The van der Waals surface area contributed by atoms with Gasteiger partial charge < -0.3 is 5.73 Å². The average molecular weight is 271 g/mol. The van der Waals surface area contributed by atoms with Crippen LogP contribution in [0.3, 0.4) is 0 Å². The van der Waals surface area contributed by atoms with E-state index in [0.717, 1.165) is 6.07 Å². The Bertz CT molecular complexity index is 569. The van der Waals surface area contributed by atoms with Gasteiger partial charge in [0, 0.05) is 18.0 Å². The quantitative estimate of drug-likeness (QED) is 0.854. The van der Waals surface area contributed by atoms with Crippen LogP contribution in [0.5, 0.6) is 0 Å². The van der Waals surface area contributed by atoms with Gasteiger partial charge in [0.25, 0.3) is 0 Å². The van der Waals surface area contributed by atoms with Crippen LogP contribution in [0.15, 0.2) is 36.8 Å². The number of halogens is 4. The van der Waals surface area contributed by atoms with Crippen molar-refractivity contribution in [3.8, 4) is 0 Å². The molecule has 0 amide bonds. The standard InChI is InChI=1S/C12H9F4N3/c13-10-7(2-1-3-8(10)12(14,15)16)11(17)9-6-18-4-5-19-9/h1-6,11H,17H2. The van der Waals surface area contributed by atoms with E-state index in [4.69, 9.17) is 5.73 Å². The lowest BCUT2D eigenvalue weighted by atomic mass is 10.0. The van der Waals surface area contributed by atoms with Crippen LogP contribution in [0.1, 0.15) is 22.9 Å². The Morgan fingerprint density at radius 2 is 1.89 bits per heavy atom. The molecule has 2 aromatic rings. The van der Waals surface area contributed by atoms with E-state index in [-0.39, 0.29) is 11.3 Å². The van der Waals surface area contributed by atoms with E-state index in [9.17, 15) is 17.6 Å². The summed E-state index contributed by atoms with van der Waals surface area (Å²) >= 11 is 0. The average Bonchev–Trinajstić information content (AvgIpc) is 2.38. The molecule has 3 nitrogen and oxygen atoms in total. The summed E-state index contributed by atoms with van der Waals surface area (Å²) in [6, 6.07) is 1.87. The second-order valence-corrected chi connectivity index (χ2v) is 3.81. The van der Waals surface area contributed by atoms with E-state index < -0.39 is 23.6 Å². The first-order valence-electron chi connectivity index (χ1n) is 5.28. The van der Waals surface area contributed by atoms with Crippen molar-refractivity contribution in [3.05, 3.63) is 59.4 Å². The zero-order valence-corrected chi connectivity index (χ0v) is 9.53. The Hall–Kier alpha value is -2.02. The minimum atomic E-state index is -4.76. The third kappa shape index (κ3) is 2.70. The Morgan fingerprint density at radius 3 is 2.47 bits per heavy atom. The molecule has 1 unspecified atom stereocenters. The maximum Gasteiger partial charge on any atom is 0.419 e. The van der Waals surface area contributed by atoms with Crippen LogP contribution in [-0.4, -0.2) is 9.97 Å². The molecule has 0 aliphatic rings. The fraction of sp³-hybridized carbons (Fsp3) is 0.167. The van der Waals surface area contributed by atoms with Crippen molar-refractivity contribution in [2.45, 2.75) is 12.2 Å². The molecule has 0 fully saturated rings. The van der Waals surface area contributed by atoms with Gasteiger partial charge >= 0.3 is 6.18 Å². The van der Waals surface area contributed by atoms with Gasteiger partial charge in [-0.2, -0.15) is 13.2 Å². The zero-order valence-electron chi connectivity index (χ0n) is 9.53. The molecule has 0 saturated carbocycles. The van der Waals surface area contributed by atoms with Gasteiger partial charge in [0.15, 0.2) is 0 Å². The molecule has 0 radical (unpaired) electrons. The third-order valence-corrected chi connectivity index (χ3v) is 2.57. The number of hydrogen-bond donors (Lipinski definition) is 1. The highest BCUT2D eigenvalue weighted by atomic mass is 19.4. The number of nitrogens with two attached hydrogens (primary N) is 1. The molecule has 19 heavy (non-hydrogen) atoms. The number of hydrogen-bond acceptors (Lipinski definition) is 3. The molecule has 7 heteroatoms. The van der Waals surface area contributed by atoms with Crippen LogP contribution < -0.4 is 5.73 Å². The molecule has 0 aliphatic carbocycles. The lowest BCUT2D eigenvalue weighted by Crippen LogP contribution is -2.18. The maximum atomic E-state index is 13.9. The number of aromatic nitrogens is 2. The number of nitrogens with zero attached hydrogens (tertiary/aromatic N) is 2. The Kier molecular flexibility index (Phi) is 3.48. The second kappa shape index (κ2) is 4.93. The summed E-state index contributed by atoms with van der Waals surface area (Å²) in [5.41, 5.74) is 4.30. The smallest absolute Gasteiger partial charge is 0.319 e. The predicted molar refractivity (Wildman–Crippen MR) is 59.5 cm³/mol. The van der Waals surface area contributed by atoms with Gasteiger partial charge in [-0.15, -0.1) is 0 Å². The minimum Gasteiger partial charge on any atom is -0.319 e. The molecule has 1 heterocycles. The highest BCUT2D eigenvalue weighted by Gasteiger charge is 2.35. The molecule has 2 rings (SSSR count). The van der Waals surface area contributed by atoms with Crippen molar-refractivity contribution in [2.24, 2.45) is 5.73 Å². The molecule has 1 aromatic carbocycles. The van der Waals surface area contributed by atoms with Gasteiger partial charge in [0.2, 0.25) is 0 Å². The second-order valence-electron chi connectivity index (χ2n) is 3.81. The Morgan fingerprint density at radius 1 is 1.16 bits per heavy atom. The summed E-state index contributed by atoms with van der Waals surface area (Å²) in [7, 11) is 0. The van der Waals surface area contributed by atoms with E-state index in [1.165, 1.54) is 24.7 Å². The van der Waals surface area contributed by atoms with Gasteiger partial charge in [-0.1, -0.05) is 12.1 Å². The summed E-state index contributed by atoms with van der Waals surface area (Å²) in [5, 5.41) is 0. The highest BCUT2D eigenvalue weighted by Crippen LogP contribution is 2.34. The van der Waals surface area contributed by atoms with Crippen molar-refractivity contribution < 1.29 is 17.6 Å². The summed E-state index contributed by atoms with van der Waals surface area (Å²) in [6.07, 6.45) is -0.758. The molecule has 0 aliphatic heterocycles. The van der Waals surface area contributed by atoms with Gasteiger partial charge in [-0.3, -0.25) is 9.97 Å². The van der Waals surface area contributed by atoms with Crippen molar-refractivity contribution >= 4 is 0 Å². The van der Waals surface area contributed by atoms with Crippen molar-refractivity contribution in [1.82, 2.24) is 9.97 Å². The number of alkyl halides is 3. The van der Waals surface area contributed by atoms with Gasteiger partial charge in [0.05, 0.1) is 23.5 Å². The van der Waals surface area contributed by atoms with Crippen LogP contribution in [0.2, 0.25) is 0 Å². The summed E-state index contributed by atoms with van der Waals surface area (Å²) in [5.74, 6) is -1.38. The van der Waals surface area contributed by atoms with Crippen LogP contribution in [0.25, 0.3) is 0 Å². The highest BCUT2D eigenvalue weighted by molar-refractivity contribution is 5.33. The first-order chi connectivity index (χ1) is 8.91. The normalized spacial score (nSPS) is 13.3. The van der Waals surface area contributed by atoms with Gasteiger partial charge in [0.1, 0.15) is 5.82 Å². The van der Waals surface area contributed by atoms with E-state index in [1.54, 1.807) is 0 Å². The first kappa shape index (κ1) is 13.4. The molecule has 1 aromatic heterocycles. The van der Waals surface area contributed by atoms with E-state index in [2.05, 4.69) is 9.97 Å². The van der Waals surface area contributed by atoms with Crippen molar-refractivity contribution in [3.63, 3.8) is 0 Å². The molecule has 0 bridgehead atoms. The van der Waals surface area contributed by atoms with Crippen molar-refractivity contribution in [1.29, 1.82) is 0 Å². The van der Waals surface area contributed by atoms with Crippen LogP contribution in [0, 0.1) is 5.82 Å². The topological polar surface area (TPSA) is 51.8 Å². The summed E-state index contributed by atoms with van der Waals surface area (Å²) in [4.78, 5) is 7.60. The first-order valence-corrected chi connectivity index (χ1v) is 5.28. The molecule has 100 valence electrons. The Labute approximate surface area is 106 Å². The van der Waals surface area contributed by atoms with Crippen LogP contribution >= 0.6 is 0 Å². The molecule has 0 saturated heterocycles. The largest absolute Gasteiger partial charge is 0.419 e. The molecular weight excluding hydrogens is 262 g/mol. The Balaban J connectivity index is 2.47. The zero-order chi connectivity index (χ0) is 14.0. The molecular formula is C12H9F4N3. The monoisotopic (exact) mass is 271 g/mol. The molecule has 1 atom stereocenters.